The van der Waals surface area contributed by atoms with Crippen LogP contribution in [0.25, 0.3) is 11.5 Å². The molecule has 15 heavy (non-hydrogen) atoms. The highest BCUT2D eigenvalue weighted by molar-refractivity contribution is 7.14. The monoisotopic (exact) mass is 222 g/mol. The van der Waals surface area contributed by atoms with E-state index in [1.165, 1.54) is 0 Å². The average molecular weight is 222 g/mol. The van der Waals surface area contributed by atoms with Gasteiger partial charge in [-0.25, -0.2) is 4.98 Å². The molecule has 0 saturated heterocycles. The van der Waals surface area contributed by atoms with Gasteiger partial charge in [0.1, 0.15) is 5.69 Å². The summed E-state index contributed by atoms with van der Waals surface area (Å²) < 4.78 is 5.28. The van der Waals surface area contributed by atoms with Crippen LogP contribution in [0.4, 0.5) is 5.13 Å². The maximum absolute atomic E-state index is 5.28. The fraction of sp³-hybridized carbons (Fsp3) is 0.364. The Kier molecular flexibility index (Phi) is 2.52. The van der Waals surface area contributed by atoms with Crippen molar-refractivity contribution in [2.45, 2.75) is 26.3 Å². The van der Waals surface area contributed by atoms with Gasteiger partial charge in [0.15, 0.2) is 10.9 Å². The summed E-state index contributed by atoms with van der Waals surface area (Å²) in [7, 11) is 0. The van der Waals surface area contributed by atoms with E-state index in [0.717, 1.165) is 16.6 Å². The Balaban J connectivity index is 2.18. The second-order valence-electron chi connectivity index (χ2n) is 4.39. The first-order valence-electron chi connectivity index (χ1n) is 4.82. The highest BCUT2D eigenvalue weighted by Crippen LogP contribution is 2.26. The first-order valence-corrected chi connectivity index (χ1v) is 5.70. The summed E-state index contributed by atoms with van der Waals surface area (Å²) in [5.74, 6) is 0.813. The van der Waals surface area contributed by atoms with Gasteiger partial charge in [0.25, 0.3) is 0 Å². The molecule has 2 aromatic rings. The topological polar surface area (TPSA) is 38.1 Å². The Morgan fingerprint density at radius 3 is 2.80 bits per heavy atom. The molecule has 0 aromatic carbocycles. The summed E-state index contributed by atoms with van der Waals surface area (Å²) in [6, 6.07) is 3.78. The van der Waals surface area contributed by atoms with Crippen LogP contribution in [0.2, 0.25) is 0 Å². The van der Waals surface area contributed by atoms with Gasteiger partial charge >= 0.3 is 0 Å². The molecule has 0 aliphatic carbocycles. The first kappa shape index (κ1) is 10.2. The lowest BCUT2D eigenvalue weighted by atomic mass is 10.1. The molecule has 0 fully saturated rings. The highest BCUT2D eigenvalue weighted by Gasteiger charge is 2.13. The van der Waals surface area contributed by atoms with Gasteiger partial charge in [0.2, 0.25) is 0 Å². The molecule has 0 saturated carbocycles. The third kappa shape index (κ3) is 2.59. The van der Waals surface area contributed by atoms with E-state index in [1.807, 2.05) is 17.5 Å². The minimum atomic E-state index is 0.0400. The standard InChI is InChI=1S/C11H14N2OS/c1-11(2,3)13-10-12-8(7-15-10)9-5-4-6-14-9/h4-7H,1-3H3,(H,12,13). The summed E-state index contributed by atoms with van der Waals surface area (Å²) in [6.45, 7) is 6.34. The Hall–Kier alpha value is -1.29. The molecule has 0 bridgehead atoms. The fourth-order valence-electron chi connectivity index (χ4n) is 1.19. The van der Waals surface area contributed by atoms with Crippen molar-refractivity contribution in [1.29, 1.82) is 0 Å². The Morgan fingerprint density at radius 1 is 1.40 bits per heavy atom. The van der Waals surface area contributed by atoms with Crippen molar-refractivity contribution in [2.75, 3.05) is 5.32 Å². The lowest BCUT2D eigenvalue weighted by Gasteiger charge is -2.19. The minimum Gasteiger partial charge on any atom is -0.463 e. The van der Waals surface area contributed by atoms with Gasteiger partial charge in [0, 0.05) is 10.9 Å². The third-order valence-corrected chi connectivity index (χ3v) is 2.52. The quantitative estimate of drug-likeness (QED) is 0.843. The maximum atomic E-state index is 5.28. The van der Waals surface area contributed by atoms with Crippen molar-refractivity contribution >= 4 is 16.5 Å². The number of furan rings is 1. The second kappa shape index (κ2) is 3.70. The van der Waals surface area contributed by atoms with E-state index in [1.54, 1.807) is 17.6 Å². The molecule has 0 unspecified atom stereocenters. The Bertz CT molecular complexity index is 426. The van der Waals surface area contributed by atoms with Gasteiger partial charge in [0.05, 0.1) is 6.26 Å². The number of nitrogens with one attached hydrogen (secondary N) is 1. The van der Waals surface area contributed by atoms with E-state index in [9.17, 15) is 0 Å². The number of aromatic nitrogens is 1. The smallest absolute Gasteiger partial charge is 0.183 e. The predicted octanol–water partition coefficient (Wildman–Crippen LogP) is 3.61. The molecule has 0 atom stereocenters. The number of thiazole rings is 1. The number of nitrogens with zero attached hydrogens (tertiary/aromatic N) is 1. The average Bonchev–Trinajstić information content (AvgIpc) is 2.68. The van der Waals surface area contributed by atoms with Gasteiger partial charge in [-0.1, -0.05) is 0 Å². The molecule has 0 aliphatic rings. The van der Waals surface area contributed by atoms with Gasteiger partial charge in [-0.3, -0.25) is 0 Å². The van der Waals surface area contributed by atoms with E-state index in [2.05, 4.69) is 31.1 Å². The maximum Gasteiger partial charge on any atom is 0.183 e. The SMILES string of the molecule is CC(C)(C)Nc1nc(-c2ccco2)cs1. The number of rotatable bonds is 2. The van der Waals surface area contributed by atoms with Crippen LogP contribution >= 0.6 is 11.3 Å². The zero-order valence-electron chi connectivity index (χ0n) is 9.07. The fourth-order valence-corrected chi connectivity index (χ4v) is 2.10. The van der Waals surface area contributed by atoms with E-state index in [4.69, 9.17) is 4.42 Å². The molecule has 0 radical (unpaired) electrons. The van der Waals surface area contributed by atoms with Crippen LogP contribution in [-0.4, -0.2) is 10.5 Å². The number of anilines is 1. The lowest BCUT2D eigenvalue weighted by Crippen LogP contribution is -2.25. The van der Waals surface area contributed by atoms with Crippen molar-refractivity contribution in [2.24, 2.45) is 0 Å². The van der Waals surface area contributed by atoms with Crippen molar-refractivity contribution in [1.82, 2.24) is 4.98 Å². The van der Waals surface area contributed by atoms with Crippen molar-refractivity contribution < 1.29 is 4.42 Å². The summed E-state index contributed by atoms with van der Waals surface area (Å²) in [4.78, 5) is 4.45. The van der Waals surface area contributed by atoms with Crippen molar-refractivity contribution in [3.8, 4) is 11.5 Å². The van der Waals surface area contributed by atoms with Crippen LogP contribution in [-0.2, 0) is 0 Å². The molecule has 2 rings (SSSR count). The molecule has 0 spiro atoms. The van der Waals surface area contributed by atoms with Gasteiger partial charge < -0.3 is 9.73 Å². The van der Waals surface area contributed by atoms with Crippen LogP contribution in [0.5, 0.6) is 0 Å². The first-order chi connectivity index (χ1) is 7.04. The zero-order valence-corrected chi connectivity index (χ0v) is 9.89. The minimum absolute atomic E-state index is 0.0400. The summed E-state index contributed by atoms with van der Waals surface area (Å²) in [6.07, 6.45) is 1.66. The summed E-state index contributed by atoms with van der Waals surface area (Å²) >= 11 is 1.59. The van der Waals surface area contributed by atoms with Crippen LogP contribution < -0.4 is 5.32 Å². The predicted molar refractivity (Wildman–Crippen MR) is 63.2 cm³/mol. The van der Waals surface area contributed by atoms with Crippen LogP contribution in [0.15, 0.2) is 28.2 Å². The Labute approximate surface area is 93.2 Å². The molecule has 3 nitrogen and oxygen atoms in total. The van der Waals surface area contributed by atoms with Crippen LogP contribution in [0, 0.1) is 0 Å². The van der Waals surface area contributed by atoms with Crippen LogP contribution in [0.3, 0.4) is 0 Å². The molecular formula is C11H14N2OS. The summed E-state index contributed by atoms with van der Waals surface area (Å²) in [5, 5.41) is 6.25. The Morgan fingerprint density at radius 2 is 2.20 bits per heavy atom. The van der Waals surface area contributed by atoms with Crippen molar-refractivity contribution in [3.05, 3.63) is 23.8 Å². The molecule has 80 valence electrons. The molecule has 2 aromatic heterocycles. The van der Waals surface area contributed by atoms with E-state index < -0.39 is 0 Å². The van der Waals surface area contributed by atoms with Gasteiger partial charge in [-0.2, -0.15) is 0 Å². The number of hydrogen-bond acceptors (Lipinski definition) is 4. The zero-order chi connectivity index (χ0) is 10.9. The lowest BCUT2D eigenvalue weighted by molar-refractivity contribution is 0.580. The largest absolute Gasteiger partial charge is 0.463 e. The summed E-state index contributed by atoms with van der Waals surface area (Å²) in [5.41, 5.74) is 0.926. The molecule has 4 heteroatoms. The van der Waals surface area contributed by atoms with Gasteiger partial charge in [-0.15, -0.1) is 11.3 Å². The van der Waals surface area contributed by atoms with Crippen molar-refractivity contribution in [3.63, 3.8) is 0 Å². The van der Waals surface area contributed by atoms with E-state index in [0.29, 0.717) is 0 Å². The molecule has 1 N–H and O–H groups in total. The van der Waals surface area contributed by atoms with E-state index >= 15 is 0 Å². The highest BCUT2D eigenvalue weighted by atomic mass is 32.1. The normalized spacial score (nSPS) is 11.7. The molecule has 2 heterocycles. The molecule has 0 amide bonds. The van der Waals surface area contributed by atoms with E-state index in [-0.39, 0.29) is 5.54 Å². The molecular weight excluding hydrogens is 208 g/mol. The van der Waals surface area contributed by atoms with Crippen LogP contribution in [0.1, 0.15) is 20.8 Å². The van der Waals surface area contributed by atoms with Gasteiger partial charge in [-0.05, 0) is 32.9 Å². The second-order valence-corrected chi connectivity index (χ2v) is 5.25. The molecule has 0 aliphatic heterocycles. The number of hydrogen-bond donors (Lipinski definition) is 1. The third-order valence-electron chi connectivity index (χ3n) is 1.76.